The largest absolute Gasteiger partial charge is 0.487 e. The molecule has 1 aromatic carbocycles. The Hall–Kier alpha value is -2.13. The van der Waals surface area contributed by atoms with Crippen molar-refractivity contribution in [1.82, 2.24) is 4.98 Å². The molecule has 0 amide bonds. The van der Waals surface area contributed by atoms with Crippen LogP contribution >= 0.6 is 0 Å². The summed E-state index contributed by atoms with van der Waals surface area (Å²) in [6, 6.07) is 12.0. The number of aliphatic hydroxyl groups excluding tert-OH is 1. The quantitative estimate of drug-likeness (QED) is 0.667. The summed E-state index contributed by atoms with van der Waals surface area (Å²) in [4.78, 5) is 4.72. The van der Waals surface area contributed by atoms with Crippen molar-refractivity contribution >= 4 is 0 Å². The zero-order chi connectivity index (χ0) is 18.4. The highest BCUT2D eigenvalue weighted by atomic mass is 16.5. The van der Waals surface area contributed by atoms with Gasteiger partial charge in [-0.15, -0.1) is 0 Å². The summed E-state index contributed by atoms with van der Waals surface area (Å²) < 4.78 is 5.94. The van der Waals surface area contributed by atoms with E-state index in [0.717, 1.165) is 54.8 Å². The molecule has 2 unspecified atom stereocenters. The fraction of sp³-hybridized carbons (Fsp3) is 0.435. The summed E-state index contributed by atoms with van der Waals surface area (Å²) in [6.45, 7) is 4.74. The first kappa shape index (κ1) is 18.7. The number of aromatic nitrogens is 1. The van der Waals surface area contributed by atoms with E-state index in [9.17, 15) is 5.11 Å². The van der Waals surface area contributed by atoms with Crippen molar-refractivity contribution in [2.75, 3.05) is 0 Å². The van der Waals surface area contributed by atoms with Crippen LogP contribution in [0, 0.1) is 5.92 Å². The molecule has 138 valence electrons. The molecule has 2 atom stereocenters. The van der Waals surface area contributed by atoms with Crippen LogP contribution in [0.3, 0.4) is 0 Å². The van der Waals surface area contributed by atoms with E-state index in [-0.39, 0.29) is 5.92 Å². The minimum Gasteiger partial charge on any atom is -0.487 e. The smallest absolute Gasteiger partial charge is 0.130 e. The summed E-state index contributed by atoms with van der Waals surface area (Å²) in [5.41, 5.74) is 4.33. The zero-order valence-electron chi connectivity index (χ0n) is 15.8. The second-order valence-corrected chi connectivity index (χ2v) is 7.21. The molecule has 0 aliphatic heterocycles. The molecule has 0 fully saturated rings. The van der Waals surface area contributed by atoms with Crippen LogP contribution in [-0.2, 0) is 19.4 Å². The molecule has 1 aliphatic rings. The van der Waals surface area contributed by atoms with Crippen molar-refractivity contribution in [2.24, 2.45) is 5.92 Å². The number of nitrogens with zero attached hydrogens (tertiary/aromatic N) is 1. The molecule has 1 N–H and O–H groups in total. The van der Waals surface area contributed by atoms with E-state index in [0.29, 0.717) is 6.61 Å². The van der Waals surface area contributed by atoms with Crippen LogP contribution in [0.1, 0.15) is 61.7 Å². The Morgan fingerprint density at radius 1 is 1.15 bits per heavy atom. The molecule has 1 aromatic heterocycles. The minimum atomic E-state index is -0.446. The lowest BCUT2D eigenvalue weighted by Crippen LogP contribution is -2.09. The van der Waals surface area contributed by atoms with Crippen LogP contribution < -0.4 is 4.74 Å². The van der Waals surface area contributed by atoms with Gasteiger partial charge < -0.3 is 9.84 Å². The predicted molar refractivity (Wildman–Crippen MR) is 105 cm³/mol. The first-order valence-electron chi connectivity index (χ1n) is 9.71. The highest BCUT2D eigenvalue weighted by Crippen LogP contribution is 2.28. The lowest BCUT2D eigenvalue weighted by atomic mass is 9.93. The van der Waals surface area contributed by atoms with E-state index in [4.69, 9.17) is 9.72 Å². The van der Waals surface area contributed by atoms with Crippen molar-refractivity contribution in [1.29, 1.82) is 0 Å². The number of ether oxygens (including phenoxy) is 1. The molecule has 26 heavy (non-hydrogen) atoms. The van der Waals surface area contributed by atoms with Gasteiger partial charge in [0.05, 0.1) is 11.8 Å². The van der Waals surface area contributed by atoms with Gasteiger partial charge in [-0.2, -0.15) is 0 Å². The average Bonchev–Trinajstić information content (AvgIpc) is 2.70. The van der Waals surface area contributed by atoms with Gasteiger partial charge in [0.15, 0.2) is 0 Å². The maximum Gasteiger partial charge on any atom is 0.130 e. The van der Waals surface area contributed by atoms with Crippen LogP contribution in [0.25, 0.3) is 0 Å². The number of benzene rings is 1. The van der Waals surface area contributed by atoms with E-state index in [1.807, 2.05) is 30.3 Å². The highest BCUT2D eigenvalue weighted by Gasteiger charge is 2.16. The first-order chi connectivity index (χ1) is 12.7. The number of pyridine rings is 1. The SMILES string of the molecule is CCCCC(C)C(O)c1cccc(OCc2ccc3c(n2)CC=CC3)c1. The van der Waals surface area contributed by atoms with Gasteiger partial charge in [0.2, 0.25) is 0 Å². The van der Waals surface area contributed by atoms with Crippen molar-refractivity contribution in [3.05, 3.63) is 71.1 Å². The Morgan fingerprint density at radius 3 is 2.85 bits per heavy atom. The Morgan fingerprint density at radius 2 is 2.00 bits per heavy atom. The van der Waals surface area contributed by atoms with E-state index in [1.165, 1.54) is 5.56 Å². The fourth-order valence-electron chi connectivity index (χ4n) is 3.38. The average molecular weight is 351 g/mol. The minimum absolute atomic E-state index is 0.251. The summed E-state index contributed by atoms with van der Waals surface area (Å²) in [7, 11) is 0. The third-order valence-electron chi connectivity index (χ3n) is 5.08. The lowest BCUT2D eigenvalue weighted by molar-refractivity contribution is 0.111. The standard InChI is InChI=1S/C23H29NO2/c1-3-4-8-17(2)23(25)19-10-7-11-21(15-19)26-16-20-14-13-18-9-5-6-12-22(18)24-20/h5-7,10-11,13-15,17,23,25H,3-4,8-9,12,16H2,1-2H3. The van der Waals surface area contributed by atoms with Gasteiger partial charge in [0.25, 0.3) is 0 Å². The second kappa shape index (κ2) is 9.00. The molecule has 2 aromatic rings. The normalized spacial score (nSPS) is 15.3. The highest BCUT2D eigenvalue weighted by molar-refractivity contribution is 5.32. The second-order valence-electron chi connectivity index (χ2n) is 7.21. The molecule has 3 rings (SSSR count). The van der Waals surface area contributed by atoms with Crippen LogP contribution in [0.5, 0.6) is 5.75 Å². The monoisotopic (exact) mass is 351 g/mol. The van der Waals surface area contributed by atoms with Gasteiger partial charge in [-0.3, -0.25) is 4.98 Å². The van der Waals surface area contributed by atoms with E-state index in [2.05, 4.69) is 32.1 Å². The van der Waals surface area contributed by atoms with Crippen molar-refractivity contribution in [3.8, 4) is 5.75 Å². The maximum atomic E-state index is 10.6. The van der Waals surface area contributed by atoms with Crippen LogP contribution in [-0.4, -0.2) is 10.1 Å². The topological polar surface area (TPSA) is 42.4 Å². The molecular weight excluding hydrogens is 322 g/mol. The maximum absolute atomic E-state index is 10.6. The van der Waals surface area contributed by atoms with Crippen molar-refractivity contribution < 1.29 is 9.84 Å². The Bertz CT molecular complexity index is 754. The summed E-state index contributed by atoms with van der Waals surface area (Å²) in [5, 5.41) is 10.6. The molecule has 3 heteroatoms. The Balaban J connectivity index is 1.62. The number of allylic oxidation sites excluding steroid dienone is 2. The first-order valence-corrected chi connectivity index (χ1v) is 9.71. The molecule has 1 aliphatic carbocycles. The molecular formula is C23H29NO2. The van der Waals surface area contributed by atoms with Crippen LogP contribution in [0.2, 0.25) is 0 Å². The third-order valence-corrected chi connectivity index (χ3v) is 5.08. The molecule has 0 radical (unpaired) electrons. The number of fused-ring (bicyclic) bond motifs is 1. The zero-order valence-corrected chi connectivity index (χ0v) is 15.8. The number of rotatable bonds is 8. The predicted octanol–water partition coefficient (Wildman–Crippen LogP) is 5.18. The van der Waals surface area contributed by atoms with Gasteiger partial charge in [-0.25, -0.2) is 0 Å². The molecule has 0 bridgehead atoms. The van der Waals surface area contributed by atoms with Gasteiger partial charge in [-0.1, -0.05) is 57.0 Å². The van der Waals surface area contributed by atoms with Crippen LogP contribution in [0.15, 0.2) is 48.6 Å². The lowest BCUT2D eigenvalue weighted by Gasteiger charge is -2.19. The van der Waals surface area contributed by atoms with Crippen LogP contribution in [0.4, 0.5) is 0 Å². The van der Waals surface area contributed by atoms with Gasteiger partial charge in [0.1, 0.15) is 12.4 Å². The molecule has 0 saturated heterocycles. The molecule has 0 spiro atoms. The summed E-state index contributed by atoms with van der Waals surface area (Å²) >= 11 is 0. The van der Waals surface area contributed by atoms with Gasteiger partial charge in [-0.05, 0) is 48.1 Å². The number of unbranched alkanes of at least 4 members (excludes halogenated alkanes) is 1. The number of hydrogen-bond acceptors (Lipinski definition) is 3. The fourth-order valence-corrected chi connectivity index (χ4v) is 3.38. The van der Waals surface area contributed by atoms with Gasteiger partial charge >= 0.3 is 0 Å². The van der Waals surface area contributed by atoms with E-state index in [1.54, 1.807) is 0 Å². The molecule has 1 heterocycles. The Kier molecular flexibility index (Phi) is 6.45. The van der Waals surface area contributed by atoms with Crippen molar-refractivity contribution in [2.45, 2.75) is 58.7 Å². The van der Waals surface area contributed by atoms with Gasteiger partial charge in [0, 0.05) is 12.1 Å². The molecule has 3 nitrogen and oxygen atoms in total. The van der Waals surface area contributed by atoms with Crippen molar-refractivity contribution in [3.63, 3.8) is 0 Å². The summed E-state index contributed by atoms with van der Waals surface area (Å²) in [6.07, 6.45) is 9.13. The number of aliphatic hydroxyl groups is 1. The number of hydrogen-bond donors (Lipinski definition) is 1. The van der Waals surface area contributed by atoms with E-state index >= 15 is 0 Å². The van der Waals surface area contributed by atoms with E-state index < -0.39 is 6.10 Å². The molecule has 0 saturated carbocycles. The Labute approximate surface area is 156 Å². The third kappa shape index (κ3) is 4.73. The summed E-state index contributed by atoms with van der Waals surface area (Å²) in [5.74, 6) is 1.03.